The summed E-state index contributed by atoms with van der Waals surface area (Å²) in [6.45, 7) is 5.32. The van der Waals surface area contributed by atoms with Crippen molar-refractivity contribution in [1.82, 2.24) is 4.98 Å². The number of amides is 1. The first-order chi connectivity index (χ1) is 14.5. The highest BCUT2D eigenvalue weighted by Gasteiger charge is 2.29. The average Bonchev–Trinajstić information content (AvgIpc) is 3.40. The molecule has 30 heavy (non-hydrogen) atoms. The number of nitrogens with zero attached hydrogens (tertiary/aromatic N) is 2. The maximum Gasteiger partial charge on any atom is 0.264 e. The number of thiazole rings is 1. The van der Waals surface area contributed by atoms with Gasteiger partial charge in [-0.2, -0.15) is 0 Å². The molecule has 1 fully saturated rings. The number of fused-ring (bicyclic) bond motifs is 1. The van der Waals surface area contributed by atoms with E-state index in [4.69, 9.17) is 19.2 Å². The molecule has 1 aliphatic rings. The summed E-state index contributed by atoms with van der Waals surface area (Å²) in [5.74, 6) is 0.938. The molecule has 158 valence electrons. The zero-order valence-corrected chi connectivity index (χ0v) is 18.5. The smallest absolute Gasteiger partial charge is 0.264 e. The van der Waals surface area contributed by atoms with Gasteiger partial charge in [0.15, 0.2) is 5.13 Å². The van der Waals surface area contributed by atoms with E-state index >= 15 is 0 Å². The van der Waals surface area contributed by atoms with Crippen molar-refractivity contribution in [2.75, 3.05) is 32.3 Å². The SMILES string of the molecule is COc1ccc(OC)c(C(=O)N(CC2CCCO2)c2nc3cc(C)cc(C)c3s2)c1. The van der Waals surface area contributed by atoms with Crippen LogP contribution < -0.4 is 14.4 Å². The number of aromatic nitrogens is 1. The molecule has 2 aromatic carbocycles. The minimum Gasteiger partial charge on any atom is -0.497 e. The van der Waals surface area contributed by atoms with Crippen LogP contribution in [-0.2, 0) is 4.74 Å². The van der Waals surface area contributed by atoms with Gasteiger partial charge in [0.1, 0.15) is 11.5 Å². The summed E-state index contributed by atoms with van der Waals surface area (Å²) in [6, 6.07) is 9.45. The normalized spacial score (nSPS) is 16.1. The van der Waals surface area contributed by atoms with E-state index in [9.17, 15) is 4.79 Å². The highest BCUT2D eigenvalue weighted by atomic mass is 32.1. The molecule has 1 unspecified atom stereocenters. The molecular formula is C23H26N2O4S. The summed E-state index contributed by atoms with van der Waals surface area (Å²) >= 11 is 1.54. The van der Waals surface area contributed by atoms with Crippen LogP contribution in [0.1, 0.15) is 34.3 Å². The van der Waals surface area contributed by atoms with Gasteiger partial charge in [0.25, 0.3) is 5.91 Å². The number of anilines is 1. The van der Waals surface area contributed by atoms with Crippen LogP contribution in [0.5, 0.6) is 11.5 Å². The quantitative estimate of drug-likeness (QED) is 0.569. The minimum atomic E-state index is -0.172. The lowest BCUT2D eigenvalue weighted by Crippen LogP contribution is -2.37. The summed E-state index contributed by atoms with van der Waals surface area (Å²) < 4.78 is 17.7. The summed E-state index contributed by atoms with van der Waals surface area (Å²) in [5, 5.41) is 0.670. The number of aryl methyl sites for hydroxylation is 2. The maximum atomic E-state index is 13.7. The zero-order valence-electron chi connectivity index (χ0n) is 17.7. The predicted octanol–water partition coefficient (Wildman–Crippen LogP) is 4.76. The Bertz CT molecular complexity index is 1070. The Balaban J connectivity index is 1.79. The first-order valence-electron chi connectivity index (χ1n) is 10.0. The average molecular weight is 427 g/mol. The third-order valence-electron chi connectivity index (χ3n) is 5.33. The molecule has 1 amide bonds. The molecule has 1 saturated heterocycles. The van der Waals surface area contributed by atoms with Crippen molar-refractivity contribution in [2.24, 2.45) is 0 Å². The van der Waals surface area contributed by atoms with Crippen molar-refractivity contribution in [3.63, 3.8) is 0 Å². The number of benzene rings is 2. The van der Waals surface area contributed by atoms with Crippen molar-refractivity contribution >= 4 is 32.6 Å². The second-order valence-electron chi connectivity index (χ2n) is 7.54. The van der Waals surface area contributed by atoms with Gasteiger partial charge in [-0.25, -0.2) is 4.98 Å². The fraction of sp³-hybridized carbons (Fsp3) is 0.391. The van der Waals surface area contributed by atoms with Gasteiger partial charge in [0, 0.05) is 6.61 Å². The van der Waals surface area contributed by atoms with Gasteiger partial charge in [-0.05, 0) is 62.1 Å². The van der Waals surface area contributed by atoms with Crippen LogP contribution in [0.25, 0.3) is 10.2 Å². The highest BCUT2D eigenvalue weighted by Crippen LogP contribution is 2.35. The van der Waals surface area contributed by atoms with Crippen molar-refractivity contribution in [2.45, 2.75) is 32.8 Å². The van der Waals surface area contributed by atoms with Crippen LogP contribution in [0.4, 0.5) is 5.13 Å². The van der Waals surface area contributed by atoms with Gasteiger partial charge in [-0.1, -0.05) is 17.4 Å². The van der Waals surface area contributed by atoms with Gasteiger partial charge in [-0.15, -0.1) is 0 Å². The van der Waals surface area contributed by atoms with E-state index in [2.05, 4.69) is 26.0 Å². The van der Waals surface area contributed by atoms with Gasteiger partial charge >= 0.3 is 0 Å². The Kier molecular flexibility index (Phi) is 5.92. The van der Waals surface area contributed by atoms with Crippen LogP contribution in [0, 0.1) is 13.8 Å². The first kappa shape index (κ1) is 20.6. The molecule has 6 nitrogen and oxygen atoms in total. The first-order valence-corrected chi connectivity index (χ1v) is 10.8. The third kappa shape index (κ3) is 4.00. The Morgan fingerprint density at radius 3 is 2.77 bits per heavy atom. The monoisotopic (exact) mass is 426 g/mol. The number of hydrogen-bond acceptors (Lipinski definition) is 6. The summed E-state index contributed by atoms with van der Waals surface area (Å²) in [6.07, 6.45) is 1.94. The molecular weight excluding hydrogens is 400 g/mol. The number of methoxy groups -OCH3 is 2. The van der Waals surface area contributed by atoms with Gasteiger partial charge < -0.3 is 14.2 Å². The van der Waals surface area contributed by atoms with E-state index in [1.807, 2.05) is 0 Å². The van der Waals surface area contributed by atoms with Crippen LogP contribution in [-0.4, -0.2) is 44.4 Å². The van der Waals surface area contributed by atoms with Gasteiger partial charge in [0.05, 0.1) is 42.6 Å². The van der Waals surface area contributed by atoms with Crippen molar-refractivity contribution in [3.8, 4) is 11.5 Å². The van der Waals surface area contributed by atoms with Crippen molar-refractivity contribution in [3.05, 3.63) is 47.0 Å². The van der Waals surface area contributed by atoms with E-state index in [0.717, 1.165) is 40.8 Å². The van der Waals surface area contributed by atoms with Crippen molar-refractivity contribution < 1.29 is 19.0 Å². The Morgan fingerprint density at radius 1 is 1.23 bits per heavy atom. The van der Waals surface area contributed by atoms with Crippen molar-refractivity contribution in [1.29, 1.82) is 0 Å². The van der Waals surface area contributed by atoms with Gasteiger partial charge in [-0.3, -0.25) is 9.69 Å². The lowest BCUT2D eigenvalue weighted by Gasteiger charge is -2.24. The van der Waals surface area contributed by atoms with E-state index < -0.39 is 0 Å². The van der Waals surface area contributed by atoms with Crippen LogP contribution >= 0.6 is 11.3 Å². The van der Waals surface area contributed by atoms with Gasteiger partial charge in [0.2, 0.25) is 0 Å². The number of carbonyl (C=O) groups excluding carboxylic acids is 1. The van der Waals surface area contributed by atoms with E-state index in [1.54, 1.807) is 37.3 Å². The molecule has 0 bridgehead atoms. The van der Waals surface area contributed by atoms with E-state index in [0.29, 0.717) is 28.7 Å². The molecule has 1 aliphatic heterocycles. The lowest BCUT2D eigenvalue weighted by molar-refractivity contribution is 0.0914. The number of hydrogen-bond donors (Lipinski definition) is 0. The minimum absolute atomic E-state index is 0.000369. The molecule has 0 spiro atoms. The Labute approximate surface area is 180 Å². The molecule has 3 aromatic rings. The number of ether oxygens (including phenoxy) is 3. The second-order valence-corrected chi connectivity index (χ2v) is 8.52. The molecule has 0 radical (unpaired) electrons. The molecule has 2 heterocycles. The summed E-state index contributed by atoms with van der Waals surface area (Å²) in [7, 11) is 3.14. The maximum absolute atomic E-state index is 13.7. The largest absolute Gasteiger partial charge is 0.497 e. The molecule has 0 aliphatic carbocycles. The predicted molar refractivity (Wildman–Crippen MR) is 119 cm³/mol. The molecule has 1 aromatic heterocycles. The topological polar surface area (TPSA) is 60.9 Å². The second kappa shape index (κ2) is 8.62. The van der Waals surface area contributed by atoms with Crippen LogP contribution in [0.3, 0.4) is 0 Å². The fourth-order valence-corrected chi connectivity index (χ4v) is 4.87. The molecule has 0 N–H and O–H groups in total. The van der Waals surface area contributed by atoms with Crippen LogP contribution in [0.2, 0.25) is 0 Å². The molecule has 1 atom stereocenters. The number of carbonyl (C=O) groups is 1. The number of rotatable bonds is 6. The summed E-state index contributed by atoms with van der Waals surface area (Å²) in [5.41, 5.74) is 3.68. The van der Waals surface area contributed by atoms with Crippen LogP contribution in [0.15, 0.2) is 30.3 Å². The Morgan fingerprint density at radius 2 is 2.07 bits per heavy atom. The lowest BCUT2D eigenvalue weighted by atomic mass is 10.1. The highest BCUT2D eigenvalue weighted by molar-refractivity contribution is 7.22. The zero-order chi connectivity index (χ0) is 21.3. The Hall–Kier alpha value is -2.64. The third-order valence-corrected chi connectivity index (χ3v) is 6.56. The standard InChI is InChI=1S/C23H26N2O4S/c1-14-10-15(2)21-19(11-14)24-23(30-21)25(13-17-6-5-9-29-17)22(26)18-12-16(27-3)7-8-20(18)28-4/h7-8,10-12,17H,5-6,9,13H2,1-4H3. The van der Waals surface area contributed by atoms with E-state index in [1.165, 1.54) is 11.3 Å². The van der Waals surface area contributed by atoms with E-state index in [-0.39, 0.29) is 12.0 Å². The fourth-order valence-electron chi connectivity index (χ4n) is 3.85. The molecule has 7 heteroatoms. The molecule has 4 rings (SSSR count). The summed E-state index contributed by atoms with van der Waals surface area (Å²) in [4.78, 5) is 20.3. The molecule has 0 saturated carbocycles.